The van der Waals surface area contributed by atoms with Crippen LogP contribution in [0.2, 0.25) is 0 Å². The quantitative estimate of drug-likeness (QED) is 0.519. The Kier molecular flexibility index (Phi) is 0.822. The van der Waals surface area contributed by atoms with Gasteiger partial charge in [0.05, 0.1) is 0 Å². The highest BCUT2D eigenvalue weighted by atomic mass is 16.1. The lowest BCUT2D eigenvalue weighted by Gasteiger charge is -1.77. The summed E-state index contributed by atoms with van der Waals surface area (Å²) < 4.78 is 0. The van der Waals surface area contributed by atoms with Crippen molar-refractivity contribution in [3.8, 4) is 11.1 Å². The van der Waals surface area contributed by atoms with Crippen LogP contribution in [0.4, 0.5) is 0 Å². The molecule has 0 unspecified atom stereocenters. The zero-order valence-corrected chi connectivity index (χ0v) is 5.13. The molecule has 0 aromatic rings. The number of fused-ring (bicyclic) bond motifs is 1. The van der Waals surface area contributed by atoms with Crippen LogP contribution in [-0.2, 0) is 0 Å². The Labute approximate surface area is 56.8 Å². The highest BCUT2D eigenvalue weighted by Gasteiger charge is 2.08. The summed E-state index contributed by atoms with van der Waals surface area (Å²) in [6, 6.07) is 5.98. The van der Waals surface area contributed by atoms with Crippen LogP contribution in [0.3, 0.4) is 0 Å². The van der Waals surface area contributed by atoms with Gasteiger partial charge in [-0.3, -0.25) is 9.59 Å². The molecule has 0 fully saturated rings. The molecule has 0 radical (unpaired) electrons. The molecule has 0 saturated carbocycles. The lowest BCUT2D eigenvalue weighted by molar-refractivity contribution is 1.70. The smallest absolute Gasteiger partial charge is 0.186 e. The fraction of sp³-hybridized carbons (Fsp3) is 0. The van der Waals surface area contributed by atoms with Gasteiger partial charge in [0.25, 0.3) is 0 Å². The molecule has 2 rings (SSSR count). The average Bonchev–Trinajstić information content (AvgIpc) is 2.35. The molecule has 0 N–H and O–H groups in total. The number of hydrogen-bond acceptors (Lipinski definition) is 2. The molecule has 0 aromatic carbocycles. The molecule has 2 nitrogen and oxygen atoms in total. The molecule has 0 atom stereocenters. The van der Waals surface area contributed by atoms with Crippen LogP contribution in [0, 0.1) is 0 Å². The van der Waals surface area contributed by atoms with E-state index in [0.717, 1.165) is 5.56 Å². The second-order valence-corrected chi connectivity index (χ2v) is 2.26. The maximum absolute atomic E-state index is 10.9. The Bertz CT molecular complexity index is 407. The van der Waals surface area contributed by atoms with Crippen molar-refractivity contribution in [3.05, 3.63) is 44.7 Å². The first-order chi connectivity index (χ1) is 4.77. The lowest BCUT2D eigenvalue weighted by atomic mass is 10.2. The van der Waals surface area contributed by atoms with E-state index in [-0.39, 0.29) is 10.9 Å². The van der Waals surface area contributed by atoms with E-state index < -0.39 is 0 Å². The standard InChI is InChI=1S/C8H4O2/c9-6-3-5-1-2-8(10)7(5)4-6/h1-4H. The molecule has 2 aliphatic rings. The molecule has 0 aliphatic heterocycles. The van der Waals surface area contributed by atoms with E-state index in [1.54, 1.807) is 6.07 Å². The molecule has 0 saturated heterocycles. The van der Waals surface area contributed by atoms with Gasteiger partial charge in [-0.1, -0.05) is 6.07 Å². The van der Waals surface area contributed by atoms with Crippen molar-refractivity contribution in [3.63, 3.8) is 0 Å². The van der Waals surface area contributed by atoms with Crippen LogP contribution in [0.15, 0.2) is 33.9 Å². The summed E-state index contributed by atoms with van der Waals surface area (Å²) in [4.78, 5) is 21.5. The van der Waals surface area contributed by atoms with E-state index >= 15 is 0 Å². The monoisotopic (exact) mass is 132 g/mol. The predicted octanol–water partition coefficient (Wildman–Crippen LogP) is 0.387. The van der Waals surface area contributed by atoms with Gasteiger partial charge in [0.1, 0.15) is 0 Å². The second kappa shape index (κ2) is 1.53. The van der Waals surface area contributed by atoms with Gasteiger partial charge in [0.15, 0.2) is 10.9 Å². The van der Waals surface area contributed by atoms with Crippen molar-refractivity contribution in [2.45, 2.75) is 0 Å². The van der Waals surface area contributed by atoms with Crippen molar-refractivity contribution >= 4 is 0 Å². The summed E-state index contributed by atoms with van der Waals surface area (Å²) in [6.45, 7) is 0. The topological polar surface area (TPSA) is 34.1 Å². The predicted molar refractivity (Wildman–Crippen MR) is 38.0 cm³/mol. The second-order valence-electron chi connectivity index (χ2n) is 2.26. The van der Waals surface area contributed by atoms with Gasteiger partial charge < -0.3 is 0 Å². The Balaban J connectivity index is 3.00. The van der Waals surface area contributed by atoms with E-state index in [0.29, 0.717) is 5.56 Å². The van der Waals surface area contributed by atoms with E-state index in [9.17, 15) is 9.59 Å². The number of hydrogen-bond donors (Lipinski definition) is 0. The molecule has 0 bridgehead atoms. The summed E-state index contributed by atoms with van der Waals surface area (Å²) >= 11 is 0. The summed E-state index contributed by atoms with van der Waals surface area (Å²) in [5.74, 6) is 0. The van der Waals surface area contributed by atoms with Crippen molar-refractivity contribution in [2.24, 2.45) is 0 Å². The van der Waals surface area contributed by atoms with Crippen molar-refractivity contribution in [1.29, 1.82) is 0 Å². The maximum atomic E-state index is 10.9. The fourth-order valence-electron chi connectivity index (χ4n) is 1.10. The Morgan fingerprint density at radius 1 is 1.00 bits per heavy atom. The molecule has 0 amide bonds. The van der Waals surface area contributed by atoms with Gasteiger partial charge in [0, 0.05) is 5.56 Å². The Morgan fingerprint density at radius 3 is 2.50 bits per heavy atom. The van der Waals surface area contributed by atoms with Gasteiger partial charge >= 0.3 is 0 Å². The van der Waals surface area contributed by atoms with Crippen LogP contribution in [0.1, 0.15) is 0 Å². The van der Waals surface area contributed by atoms with Crippen LogP contribution in [0.25, 0.3) is 11.1 Å². The summed E-state index contributed by atoms with van der Waals surface area (Å²) in [5, 5.41) is 0. The minimum atomic E-state index is -0.0808. The summed E-state index contributed by atoms with van der Waals surface area (Å²) in [6.07, 6.45) is 0. The molecule has 48 valence electrons. The van der Waals surface area contributed by atoms with Gasteiger partial charge in [0.2, 0.25) is 0 Å². The zero-order valence-electron chi connectivity index (χ0n) is 5.13. The van der Waals surface area contributed by atoms with E-state index in [2.05, 4.69) is 0 Å². The largest absolute Gasteiger partial charge is 0.290 e. The molecule has 10 heavy (non-hydrogen) atoms. The Hall–Kier alpha value is -1.44. The molecule has 2 heteroatoms. The van der Waals surface area contributed by atoms with Crippen LogP contribution in [0.5, 0.6) is 0 Å². The Morgan fingerprint density at radius 2 is 1.80 bits per heavy atom. The van der Waals surface area contributed by atoms with Crippen LogP contribution < -0.4 is 10.9 Å². The summed E-state index contributed by atoms with van der Waals surface area (Å²) in [5.41, 5.74) is 1.17. The molecule has 0 spiro atoms. The van der Waals surface area contributed by atoms with E-state index in [4.69, 9.17) is 0 Å². The normalized spacial score (nSPS) is 10.8. The minimum absolute atomic E-state index is 0.0582. The van der Waals surface area contributed by atoms with Gasteiger partial charge in [-0.15, -0.1) is 0 Å². The van der Waals surface area contributed by atoms with Crippen LogP contribution >= 0.6 is 0 Å². The highest BCUT2D eigenvalue weighted by Crippen LogP contribution is 2.14. The highest BCUT2D eigenvalue weighted by molar-refractivity contribution is 5.67. The SMILES string of the molecule is O=c1cc2ccc(=O)c-2c1. The summed E-state index contributed by atoms with van der Waals surface area (Å²) in [7, 11) is 0. The lowest BCUT2D eigenvalue weighted by Crippen LogP contribution is -1.93. The first kappa shape index (κ1) is 5.35. The third-order valence-electron chi connectivity index (χ3n) is 1.58. The molecule has 2 aliphatic carbocycles. The van der Waals surface area contributed by atoms with Crippen molar-refractivity contribution in [1.82, 2.24) is 0 Å². The zero-order chi connectivity index (χ0) is 7.14. The van der Waals surface area contributed by atoms with Crippen molar-refractivity contribution in [2.75, 3.05) is 0 Å². The fourth-order valence-corrected chi connectivity index (χ4v) is 1.10. The van der Waals surface area contributed by atoms with Crippen molar-refractivity contribution < 1.29 is 0 Å². The first-order valence-electron chi connectivity index (χ1n) is 2.97. The maximum Gasteiger partial charge on any atom is 0.186 e. The van der Waals surface area contributed by atoms with Crippen LogP contribution in [-0.4, -0.2) is 0 Å². The molecule has 0 heterocycles. The molecular weight excluding hydrogens is 128 g/mol. The van der Waals surface area contributed by atoms with Gasteiger partial charge in [-0.05, 0) is 23.8 Å². The minimum Gasteiger partial charge on any atom is -0.290 e. The number of rotatable bonds is 0. The third kappa shape index (κ3) is 0.530. The van der Waals surface area contributed by atoms with E-state index in [1.165, 1.54) is 18.2 Å². The third-order valence-corrected chi connectivity index (χ3v) is 1.58. The molecule has 0 aromatic heterocycles. The van der Waals surface area contributed by atoms with Gasteiger partial charge in [-0.25, -0.2) is 0 Å². The average molecular weight is 132 g/mol. The van der Waals surface area contributed by atoms with E-state index in [1.807, 2.05) is 0 Å². The molecular formula is C8H4O2. The first-order valence-corrected chi connectivity index (χ1v) is 2.97. The van der Waals surface area contributed by atoms with Gasteiger partial charge in [-0.2, -0.15) is 0 Å².